The maximum atomic E-state index is 11.5. The largest absolute Gasteiger partial charge is 0.464 e. The summed E-state index contributed by atoms with van der Waals surface area (Å²) >= 11 is 1.07. The highest BCUT2D eigenvalue weighted by atomic mass is 32.1. The molecule has 0 bridgehead atoms. The van der Waals surface area contributed by atoms with Crippen molar-refractivity contribution in [2.24, 2.45) is 0 Å². The third kappa shape index (κ3) is 2.91. The highest BCUT2D eigenvalue weighted by Crippen LogP contribution is 2.24. The summed E-state index contributed by atoms with van der Waals surface area (Å²) in [6.07, 6.45) is 0. The van der Waals surface area contributed by atoms with E-state index in [1.165, 1.54) is 14.0 Å². The van der Waals surface area contributed by atoms with E-state index in [4.69, 9.17) is 0 Å². The molecule has 2 heterocycles. The van der Waals surface area contributed by atoms with Crippen molar-refractivity contribution in [2.75, 3.05) is 12.4 Å². The Morgan fingerprint density at radius 1 is 1.47 bits per heavy atom. The summed E-state index contributed by atoms with van der Waals surface area (Å²) in [7, 11) is 1.23. The Kier molecular flexibility index (Phi) is 3.80. The molecule has 0 aliphatic rings. The number of rotatable bonds is 5. The SMILES string of the molecule is COC(=O)c1nc(NCc2nn[nH]n2)sc1C(C)=O. The van der Waals surface area contributed by atoms with Crippen LogP contribution in [0.2, 0.25) is 0 Å². The number of nitrogens with zero attached hydrogens (tertiary/aromatic N) is 4. The Bertz CT molecular complexity index is 593. The number of aromatic amines is 1. The zero-order valence-electron chi connectivity index (χ0n) is 10.1. The van der Waals surface area contributed by atoms with Gasteiger partial charge >= 0.3 is 5.97 Å². The average molecular weight is 282 g/mol. The maximum absolute atomic E-state index is 11.5. The molecule has 0 aliphatic heterocycles. The smallest absolute Gasteiger partial charge is 0.358 e. The lowest BCUT2D eigenvalue weighted by Gasteiger charge is -1.96. The zero-order chi connectivity index (χ0) is 13.8. The molecule has 0 atom stereocenters. The number of esters is 1. The summed E-state index contributed by atoms with van der Waals surface area (Å²) in [6, 6.07) is 0. The molecule has 100 valence electrons. The lowest BCUT2D eigenvalue weighted by atomic mass is 10.3. The Morgan fingerprint density at radius 2 is 2.26 bits per heavy atom. The Morgan fingerprint density at radius 3 is 2.84 bits per heavy atom. The van der Waals surface area contributed by atoms with Crippen LogP contribution in [0, 0.1) is 0 Å². The number of hydrogen-bond acceptors (Lipinski definition) is 9. The zero-order valence-corrected chi connectivity index (χ0v) is 10.9. The van der Waals surface area contributed by atoms with Gasteiger partial charge in [0, 0.05) is 6.92 Å². The van der Waals surface area contributed by atoms with Gasteiger partial charge in [0.15, 0.2) is 22.4 Å². The van der Waals surface area contributed by atoms with Gasteiger partial charge in [-0.2, -0.15) is 5.21 Å². The summed E-state index contributed by atoms with van der Waals surface area (Å²) in [6.45, 7) is 1.64. The van der Waals surface area contributed by atoms with Gasteiger partial charge < -0.3 is 10.1 Å². The number of hydrogen-bond donors (Lipinski definition) is 2. The van der Waals surface area contributed by atoms with Crippen LogP contribution >= 0.6 is 11.3 Å². The van der Waals surface area contributed by atoms with E-state index in [-0.39, 0.29) is 22.9 Å². The minimum atomic E-state index is -0.644. The quantitative estimate of drug-likeness (QED) is 0.591. The Labute approximate surface area is 111 Å². The van der Waals surface area contributed by atoms with Gasteiger partial charge in [-0.05, 0) is 0 Å². The van der Waals surface area contributed by atoms with Crippen molar-refractivity contribution < 1.29 is 14.3 Å². The first-order valence-corrected chi connectivity index (χ1v) is 5.99. The van der Waals surface area contributed by atoms with E-state index in [0.717, 1.165) is 11.3 Å². The van der Waals surface area contributed by atoms with Crippen molar-refractivity contribution in [3.63, 3.8) is 0 Å². The van der Waals surface area contributed by atoms with Crippen LogP contribution in [0.15, 0.2) is 0 Å². The van der Waals surface area contributed by atoms with E-state index < -0.39 is 5.97 Å². The van der Waals surface area contributed by atoms with E-state index in [2.05, 4.69) is 35.7 Å². The lowest BCUT2D eigenvalue weighted by Crippen LogP contribution is -2.07. The van der Waals surface area contributed by atoms with Crippen LogP contribution in [0.1, 0.15) is 32.9 Å². The molecule has 0 aromatic carbocycles. The number of Topliss-reactive ketones (excluding diaryl/α,β-unsaturated/α-hetero) is 1. The molecule has 9 nitrogen and oxygen atoms in total. The van der Waals surface area contributed by atoms with Gasteiger partial charge in [0.05, 0.1) is 13.7 Å². The van der Waals surface area contributed by atoms with Gasteiger partial charge in [-0.25, -0.2) is 9.78 Å². The number of anilines is 1. The number of ether oxygens (including phenoxy) is 1. The minimum Gasteiger partial charge on any atom is -0.464 e. The Balaban J connectivity index is 2.17. The molecule has 0 radical (unpaired) electrons. The first-order valence-electron chi connectivity index (χ1n) is 5.18. The summed E-state index contributed by atoms with van der Waals surface area (Å²) in [5.41, 5.74) is 0.00983. The van der Waals surface area contributed by atoms with Crippen LogP contribution in [0.3, 0.4) is 0 Å². The first kappa shape index (κ1) is 13.1. The summed E-state index contributed by atoms with van der Waals surface area (Å²) < 4.78 is 4.58. The van der Waals surface area contributed by atoms with Gasteiger partial charge in [0.1, 0.15) is 4.88 Å². The van der Waals surface area contributed by atoms with Gasteiger partial charge in [0.2, 0.25) is 0 Å². The molecule has 0 fully saturated rings. The molecule has 0 unspecified atom stereocenters. The van der Waals surface area contributed by atoms with E-state index >= 15 is 0 Å². The van der Waals surface area contributed by atoms with Gasteiger partial charge in [0.25, 0.3) is 0 Å². The molecule has 19 heavy (non-hydrogen) atoms. The summed E-state index contributed by atoms with van der Waals surface area (Å²) in [5.74, 6) is -0.446. The average Bonchev–Trinajstić information content (AvgIpc) is 3.04. The maximum Gasteiger partial charge on any atom is 0.358 e. The van der Waals surface area contributed by atoms with Crippen LogP contribution in [-0.2, 0) is 11.3 Å². The fraction of sp³-hybridized carbons (Fsp3) is 0.333. The normalized spacial score (nSPS) is 10.2. The molecule has 2 aromatic heterocycles. The fourth-order valence-electron chi connectivity index (χ4n) is 1.28. The van der Waals surface area contributed by atoms with Crippen LogP contribution in [0.4, 0.5) is 5.13 Å². The van der Waals surface area contributed by atoms with Crippen LogP contribution in [0.25, 0.3) is 0 Å². The van der Waals surface area contributed by atoms with E-state index in [0.29, 0.717) is 11.0 Å². The standard InChI is InChI=1S/C9H10N6O3S/c1-4(16)7-6(8(17)18-2)11-9(19-7)10-3-5-12-14-15-13-5/h3H2,1-2H3,(H,10,11)(H,12,13,14,15). The molecule has 2 rings (SSSR count). The van der Waals surface area contributed by atoms with E-state index in [1.54, 1.807) is 0 Å². The van der Waals surface area contributed by atoms with Gasteiger partial charge in [-0.3, -0.25) is 4.79 Å². The highest BCUT2D eigenvalue weighted by molar-refractivity contribution is 7.17. The molecule has 0 amide bonds. The second-order valence-corrected chi connectivity index (χ2v) is 4.43. The fourth-order valence-corrected chi connectivity index (χ4v) is 2.13. The molecule has 2 N–H and O–H groups in total. The number of H-pyrrole nitrogens is 1. The minimum absolute atomic E-state index is 0.00983. The number of methoxy groups -OCH3 is 1. The number of tetrazole rings is 1. The van der Waals surface area contributed by atoms with Gasteiger partial charge in [-0.15, -0.1) is 10.2 Å². The van der Waals surface area contributed by atoms with Crippen LogP contribution in [-0.4, -0.2) is 44.5 Å². The molecule has 10 heteroatoms. The molecule has 0 saturated carbocycles. The second-order valence-electron chi connectivity index (χ2n) is 3.43. The number of nitrogens with one attached hydrogen (secondary N) is 2. The molecular weight excluding hydrogens is 272 g/mol. The number of aromatic nitrogens is 5. The van der Waals surface area contributed by atoms with E-state index in [9.17, 15) is 9.59 Å². The predicted molar refractivity (Wildman–Crippen MR) is 65.0 cm³/mol. The predicted octanol–water partition coefficient (Wildman–Crippen LogP) is 0.258. The summed E-state index contributed by atoms with van der Waals surface area (Å²) in [4.78, 5) is 27.2. The van der Waals surface area contributed by atoms with Crippen molar-refractivity contribution in [2.45, 2.75) is 13.5 Å². The van der Waals surface area contributed by atoms with Crippen molar-refractivity contribution in [1.29, 1.82) is 0 Å². The monoisotopic (exact) mass is 282 g/mol. The molecule has 0 aliphatic carbocycles. The topological polar surface area (TPSA) is 123 Å². The van der Waals surface area contributed by atoms with Crippen LogP contribution in [0.5, 0.6) is 0 Å². The van der Waals surface area contributed by atoms with E-state index in [1.807, 2.05) is 0 Å². The third-order valence-electron chi connectivity index (χ3n) is 2.11. The second kappa shape index (κ2) is 5.52. The Hall–Kier alpha value is -2.36. The van der Waals surface area contributed by atoms with Crippen molar-refractivity contribution in [3.05, 3.63) is 16.4 Å². The molecular formula is C9H10N6O3S. The first-order chi connectivity index (χ1) is 9.11. The molecule has 2 aromatic rings. The van der Waals surface area contributed by atoms with Crippen molar-refractivity contribution >= 4 is 28.2 Å². The molecule has 0 saturated heterocycles. The number of ketones is 1. The number of carbonyl (C=O) groups is 2. The molecule has 0 spiro atoms. The lowest BCUT2D eigenvalue weighted by molar-refractivity contribution is 0.0591. The van der Waals surface area contributed by atoms with Crippen LogP contribution < -0.4 is 5.32 Å². The van der Waals surface area contributed by atoms with Crippen molar-refractivity contribution in [3.8, 4) is 0 Å². The van der Waals surface area contributed by atoms with Gasteiger partial charge in [-0.1, -0.05) is 16.6 Å². The number of carbonyl (C=O) groups excluding carboxylic acids is 2. The third-order valence-corrected chi connectivity index (χ3v) is 3.23. The highest BCUT2D eigenvalue weighted by Gasteiger charge is 2.21. The number of thiazole rings is 1. The van der Waals surface area contributed by atoms with Crippen molar-refractivity contribution in [1.82, 2.24) is 25.6 Å². The summed E-state index contributed by atoms with van der Waals surface area (Å²) in [5, 5.41) is 16.5.